The Balaban J connectivity index is 5.76. The molecule has 0 aliphatic rings. The summed E-state index contributed by atoms with van der Waals surface area (Å²) < 4.78 is -0.0511. The van der Waals surface area contributed by atoms with Crippen molar-refractivity contribution >= 4 is 47.0 Å². The standard InChI is InChI=1S/C10H18N2O4S4/c1-5-19-10(20-6-2)8(12(15)16)7(11(13)14)9(17-3)18-4/h8,10H,5-6H2,1-4H3. The molecule has 0 spiro atoms. The third-order valence-electron chi connectivity index (χ3n) is 2.20. The van der Waals surface area contributed by atoms with Crippen LogP contribution in [0.15, 0.2) is 9.93 Å². The molecule has 0 saturated carbocycles. The van der Waals surface area contributed by atoms with Crippen molar-refractivity contribution in [1.82, 2.24) is 0 Å². The fourth-order valence-electron chi connectivity index (χ4n) is 1.48. The van der Waals surface area contributed by atoms with Crippen molar-refractivity contribution in [3.05, 3.63) is 30.2 Å². The summed E-state index contributed by atoms with van der Waals surface area (Å²) in [6, 6.07) is -1.30. The summed E-state index contributed by atoms with van der Waals surface area (Å²) in [4.78, 5) is 21.6. The largest absolute Gasteiger partial charge is 0.341 e. The van der Waals surface area contributed by atoms with E-state index in [1.54, 1.807) is 12.5 Å². The molecule has 0 aliphatic carbocycles. The van der Waals surface area contributed by atoms with Gasteiger partial charge in [-0.2, -0.15) is 0 Å². The van der Waals surface area contributed by atoms with Crippen LogP contribution in [0, 0.1) is 20.2 Å². The molecule has 10 heteroatoms. The van der Waals surface area contributed by atoms with E-state index in [0.717, 1.165) is 0 Å². The van der Waals surface area contributed by atoms with Crippen LogP contribution in [0.3, 0.4) is 0 Å². The van der Waals surface area contributed by atoms with E-state index in [1.807, 2.05) is 13.8 Å². The molecule has 116 valence electrons. The Morgan fingerprint density at radius 3 is 1.75 bits per heavy atom. The zero-order valence-corrected chi connectivity index (χ0v) is 15.0. The summed E-state index contributed by atoms with van der Waals surface area (Å²) in [7, 11) is 0. The number of thioether (sulfide) groups is 4. The molecule has 0 saturated heterocycles. The Labute approximate surface area is 135 Å². The highest BCUT2D eigenvalue weighted by Gasteiger charge is 2.45. The summed E-state index contributed by atoms with van der Waals surface area (Å²) in [5, 5.41) is 22.7. The zero-order valence-electron chi connectivity index (χ0n) is 11.7. The van der Waals surface area contributed by atoms with Crippen LogP contribution < -0.4 is 0 Å². The minimum Gasteiger partial charge on any atom is -0.264 e. The first-order valence-corrected chi connectivity index (χ1v) is 10.3. The molecule has 0 aromatic rings. The molecule has 0 amide bonds. The van der Waals surface area contributed by atoms with Crippen molar-refractivity contribution in [1.29, 1.82) is 0 Å². The van der Waals surface area contributed by atoms with Crippen LogP contribution in [0.25, 0.3) is 0 Å². The minimum absolute atomic E-state index is 0.290. The average Bonchev–Trinajstić information content (AvgIpc) is 2.38. The summed E-state index contributed by atoms with van der Waals surface area (Å²) >= 11 is 5.14. The maximum absolute atomic E-state index is 11.4. The van der Waals surface area contributed by atoms with Crippen molar-refractivity contribution in [3.8, 4) is 0 Å². The molecule has 0 heterocycles. The molecule has 1 atom stereocenters. The highest BCUT2D eigenvalue weighted by molar-refractivity contribution is 8.21. The lowest BCUT2D eigenvalue weighted by Crippen LogP contribution is -2.35. The first-order chi connectivity index (χ1) is 9.44. The molecule has 0 aliphatic heterocycles. The third-order valence-corrected chi connectivity index (χ3v) is 7.02. The van der Waals surface area contributed by atoms with Gasteiger partial charge >= 0.3 is 11.7 Å². The second-order valence-corrected chi connectivity index (χ2v) is 8.37. The summed E-state index contributed by atoms with van der Waals surface area (Å²) in [6.07, 6.45) is 3.39. The summed E-state index contributed by atoms with van der Waals surface area (Å²) in [6.45, 7) is 3.79. The van der Waals surface area contributed by atoms with Crippen molar-refractivity contribution in [3.63, 3.8) is 0 Å². The first-order valence-electron chi connectivity index (χ1n) is 5.77. The molecule has 0 N–H and O–H groups in total. The van der Waals surface area contributed by atoms with Crippen LogP contribution in [0.4, 0.5) is 0 Å². The Morgan fingerprint density at radius 2 is 1.50 bits per heavy atom. The zero-order chi connectivity index (χ0) is 15.7. The normalized spacial score (nSPS) is 12.2. The smallest absolute Gasteiger partial charge is 0.264 e. The first kappa shape index (κ1) is 19.9. The lowest BCUT2D eigenvalue weighted by molar-refractivity contribution is -0.551. The maximum atomic E-state index is 11.4. The highest BCUT2D eigenvalue weighted by atomic mass is 32.2. The molecule has 20 heavy (non-hydrogen) atoms. The highest BCUT2D eigenvalue weighted by Crippen LogP contribution is 2.37. The van der Waals surface area contributed by atoms with E-state index < -0.39 is 20.5 Å². The molecular formula is C10H18N2O4S4. The second-order valence-electron chi connectivity index (χ2n) is 3.35. The lowest BCUT2D eigenvalue weighted by atomic mass is 10.3. The Bertz CT molecular complexity index is 366. The topological polar surface area (TPSA) is 86.3 Å². The van der Waals surface area contributed by atoms with Gasteiger partial charge in [0.25, 0.3) is 0 Å². The van der Waals surface area contributed by atoms with Crippen LogP contribution in [-0.4, -0.2) is 44.5 Å². The molecule has 6 nitrogen and oxygen atoms in total. The van der Waals surface area contributed by atoms with Gasteiger partial charge in [0.15, 0.2) is 0 Å². The monoisotopic (exact) mass is 358 g/mol. The van der Waals surface area contributed by atoms with Gasteiger partial charge in [0.2, 0.25) is 0 Å². The van der Waals surface area contributed by atoms with E-state index in [2.05, 4.69) is 0 Å². The van der Waals surface area contributed by atoms with E-state index >= 15 is 0 Å². The van der Waals surface area contributed by atoms with E-state index in [9.17, 15) is 20.2 Å². The number of nitro groups is 2. The molecular weight excluding hydrogens is 340 g/mol. The summed E-state index contributed by atoms with van der Waals surface area (Å²) in [5.74, 6) is 1.36. The van der Waals surface area contributed by atoms with Crippen molar-refractivity contribution < 1.29 is 9.85 Å². The molecule has 0 bridgehead atoms. The van der Waals surface area contributed by atoms with Gasteiger partial charge in [-0.05, 0) is 24.0 Å². The van der Waals surface area contributed by atoms with Gasteiger partial charge in [0, 0.05) is 4.92 Å². The Hall–Kier alpha value is -0.0600. The fraction of sp³-hybridized carbons (Fsp3) is 0.800. The second kappa shape index (κ2) is 10.6. The number of rotatable bonds is 10. The number of nitrogens with zero attached hydrogens (tertiary/aromatic N) is 2. The van der Waals surface area contributed by atoms with E-state index in [1.165, 1.54) is 47.0 Å². The van der Waals surface area contributed by atoms with Gasteiger partial charge in [-0.3, -0.25) is 20.2 Å². The van der Waals surface area contributed by atoms with Gasteiger partial charge in [-0.15, -0.1) is 47.0 Å². The van der Waals surface area contributed by atoms with Crippen molar-refractivity contribution in [2.24, 2.45) is 0 Å². The Kier molecular flexibility index (Phi) is 10.6. The van der Waals surface area contributed by atoms with Crippen LogP contribution in [0.5, 0.6) is 0 Å². The van der Waals surface area contributed by atoms with E-state index in [-0.39, 0.29) is 5.70 Å². The van der Waals surface area contributed by atoms with Gasteiger partial charge in [0.1, 0.15) is 8.82 Å². The molecule has 0 aromatic heterocycles. The number of hydrogen-bond acceptors (Lipinski definition) is 8. The fourth-order valence-corrected chi connectivity index (χ4v) is 5.64. The van der Waals surface area contributed by atoms with Crippen molar-refractivity contribution in [2.75, 3.05) is 24.0 Å². The quantitative estimate of drug-likeness (QED) is 0.332. The van der Waals surface area contributed by atoms with Gasteiger partial charge < -0.3 is 0 Å². The molecule has 1 unspecified atom stereocenters. The predicted molar refractivity (Wildman–Crippen MR) is 91.9 cm³/mol. The maximum Gasteiger partial charge on any atom is 0.341 e. The van der Waals surface area contributed by atoms with Gasteiger partial charge in [-0.1, -0.05) is 13.8 Å². The molecule has 0 radical (unpaired) electrons. The molecule has 0 rings (SSSR count). The number of hydrogen-bond donors (Lipinski definition) is 0. The SMILES string of the molecule is CCSC(SCC)C(C(=C(SC)SC)[N+](=O)[O-])[N+](=O)[O-]. The summed E-state index contributed by atoms with van der Waals surface area (Å²) in [5.41, 5.74) is -0.290. The van der Waals surface area contributed by atoms with Crippen LogP contribution in [-0.2, 0) is 0 Å². The Morgan fingerprint density at radius 1 is 1.05 bits per heavy atom. The average molecular weight is 359 g/mol. The third kappa shape index (κ3) is 5.74. The van der Waals surface area contributed by atoms with Crippen LogP contribution in [0.2, 0.25) is 0 Å². The van der Waals surface area contributed by atoms with E-state index in [4.69, 9.17) is 0 Å². The molecule has 0 fully saturated rings. The van der Waals surface area contributed by atoms with Crippen LogP contribution >= 0.6 is 47.0 Å². The molecule has 0 aromatic carbocycles. The van der Waals surface area contributed by atoms with Crippen LogP contribution in [0.1, 0.15) is 13.8 Å². The van der Waals surface area contributed by atoms with Crippen molar-refractivity contribution in [2.45, 2.75) is 24.5 Å². The lowest BCUT2D eigenvalue weighted by Gasteiger charge is -2.18. The minimum atomic E-state index is -1.30. The van der Waals surface area contributed by atoms with Gasteiger partial charge in [0.05, 0.1) is 4.92 Å². The predicted octanol–water partition coefficient (Wildman–Crippen LogP) is 3.64. The van der Waals surface area contributed by atoms with E-state index in [0.29, 0.717) is 15.7 Å². The van der Waals surface area contributed by atoms with Gasteiger partial charge in [-0.25, -0.2) is 0 Å².